The second-order valence-corrected chi connectivity index (χ2v) is 4.63. The Hall–Kier alpha value is -2.09. The number of pyridine rings is 1. The Balaban J connectivity index is 3.00. The summed E-state index contributed by atoms with van der Waals surface area (Å²) in [6, 6.07) is 3.57. The molecule has 0 radical (unpaired) electrons. The third kappa shape index (κ3) is 3.44. The predicted molar refractivity (Wildman–Crippen MR) is 74.8 cm³/mol. The maximum atomic E-state index is 12.0. The average molecular weight is 260 g/mol. The first-order valence-corrected chi connectivity index (χ1v) is 6.30. The van der Waals surface area contributed by atoms with Crippen LogP contribution in [-0.2, 0) is 4.79 Å². The molecule has 0 saturated carbocycles. The standard InChI is InChI=1S/C14H20N4O/c1-6-18(5)14(19)11(4)17-13-12(8-15)9(2)7-10(3)16-13/h7,11H,6H2,1-5H3,(H,16,17). The summed E-state index contributed by atoms with van der Waals surface area (Å²) in [5.41, 5.74) is 2.17. The van der Waals surface area contributed by atoms with Crippen LogP contribution in [0.15, 0.2) is 6.07 Å². The van der Waals surface area contributed by atoms with Gasteiger partial charge in [0.2, 0.25) is 5.91 Å². The van der Waals surface area contributed by atoms with Crippen LogP contribution < -0.4 is 5.32 Å². The normalized spacial score (nSPS) is 11.6. The fraction of sp³-hybridized carbons (Fsp3) is 0.500. The van der Waals surface area contributed by atoms with Crippen molar-refractivity contribution in [2.45, 2.75) is 33.7 Å². The second-order valence-electron chi connectivity index (χ2n) is 4.63. The molecule has 1 amide bonds. The van der Waals surface area contributed by atoms with Crippen LogP contribution in [-0.4, -0.2) is 35.4 Å². The molecule has 0 bridgehead atoms. The van der Waals surface area contributed by atoms with E-state index in [1.54, 1.807) is 18.9 Å². The Kier molecular flexibility index (Phi) is 4.87. The van der Waals surface area contributed by atoms with Crippen LogP contribution in [0.2, 0.25) is 0 Å². The van der Waals surface area contributed by atoms with E-state index in [9.17, 15) is 10.1 Å². The molecule has 0 saturated heterocycles. The molecule has 0 aliphatic heterocycles. The number of aromatic nitrogens is 1. The number of hydrogen-bond acceptors (Lipinski definition) is 4. The molecule has 1 rings (SSSR count). The number of amides is 1. The largest absolute Gasteiger partial charge is 0.358 e. The molecule has 0 spiro atoms. The van der Waals surface area contributed by atoms with Crippen LogP contribution >= 0.6 is 0 Å². The van der Waals surface area contributed by atoms with E-state index >= 15 is 0 Å². The van der Waals surface area contributed by atoms with Crippen molar-refractivity contribution in [2.24, 2.45) is 0 Å². The number of nitrogens with zero attached hydrogens (tertiary/aromatic N) is 3. The lowest BCUT2D eigenvalue weighted by atomic mass is 10.1. The number of carbonyl (C=O) groups excluding carboxylic acids is 1. The number of hydrogen-bond donors (Lipinski definition) is 1. The molecule has 0 aliphatic carbocycles. The number of likely N-dealkylation sites (N-methyl/N-ethyl adjacent to an activating group) is 1. The number of nitriles is 1. The van der Waals surface area contributed by atoms with E-state index in [2.05, 4.69) is 16.4 Å². The summed E-state index contributed by atoms with van der Waals surface area (Å²) in [5, 5.41) is 12.2. The highest BCUT2D eigenvalue weighted by atomic mass is 16.2. The molecule has 1 heterocycles. The maximum Gasteiger partial charge on any atom is 0.244 e. The predicted octanol–water partition coefficient (Wildman–Crippen LogP) is 1.85. The van der Waals surface area contributed by atoms with Crippen molar-refractivity contribution in [3.8, 4) is 6.07 Å². The van der Waals surface area contributed by atoms with Crippen LogP contribution in [0.25, 0.3) is 0 Å². The van der Waals surface area contributed by atoms with Gasteiger partial charge in [0.05, 0.1) is 5.56 Å². The van der Waals surface area contributed by atoms with Crippen molar-refractivity contribution < 1.29 is 4.79 Å². The summed E-state index contributed by atoms with van der Waals surface area (Å²) in [7, 11) is 1.75. The number of anilines is 1. The molecule has 0 aliphatic rings. The van der Waals surface area contributed by atoms with Crippen molar-refractivity contribution in [3.63, 3.8) is 0 Å². The molecule has 1 unspecified atom stereocenters. The van der Waals surface area contributed by atoms with Gasteiger partial charge in [-0.25, -0.2) is 4.98 Å². The van der Waals surface area contributed by atoms with Crippen molar-refractivity contribution in [2.75, 3.05) is 18.9 Å². The molecule has 1 N–H and O–H groups in total. The van der Waals surface area contributed by atoms with Gasteiger partial charge in [-0.1, -0.05) is 0 Å². The quantitative estimate of drug-likeness (QED) is 0.897. The lowest BCUT2D eigenvalue weighted by molar-refractivity contribution is -0.130. The fourth-order valence-electron chi connectivity index (χ4n) is 1.84. The molecule has 1 atom stereocenters. The first-order valence-electron chi connectivity index (χ1n) is 6.30. The lowest BCUT2D eigenvalue weighted by Gasteiger charge is -2.21. The van der Waals surface area contributed by atoms with Crippen LogP contribution in [0.1, 0.15) is 30.7 Å². The summed E-state index contributed by atoms with van der Waals surface area (Å²) < 4.78 is 0. The summed E-state index contributed by atoms with van der Waals surface area (Å²) >= 11 is 0. The first-order chi connectivity index (χ1) is 8.90. The fourth-order valence-corrected chi connectivity index (χ4v) is 1.84. The van der Waals surface area contributed by atoms with E-state index in [1.165, 1.54) is 0 Å². The Morgan fingerprint density at radius 3 is 2.74 bits per heavy atom. The van der Waals surface area contributed by atoms with Gasteiger partial charge in [0.25, 0.3) is 0 Å². The lowest BCUT2D eigenvalue weighted by Crippen LogP contribution is -2.39. The zero-order chi connectivity index (χ0) is 14.6. The first kappa shape index (κ1) is 15.0. The number of aryl methyl sites for hydroxylation is 2. The van der Waals surface area contributed by atoms with Gasteiger partial charge in [-0.3, -0.25) is 4.79 Å². The molecule has 5 nitrogen and oxygen atoms in total. The van der Waals surface area contributed by atoms with Crippen LogP contribution in [0, 0.1) is 25.2 Å². The minimum atomic E-state index is -0.411. The van der Waals surface area contributed by atoms with Gasteiger partial charge in [-0.05, 0) is 39.3 Å². The zero-order valence-corrected chi connectivity index (χ0v) is 12.1. The summed E-state index contributed by atoms with van der Waals surface area (Å²) in [4.78, 5) is 17.9. The van der Waals surface area contributed by atoms with E-state index < -0.39 is 6.04 Å². The smallest absolute Gasteiger partial charge is 0.244 e. The molecule has 0 fully saturated rings. The van der Waals surface area contributed by atoms with Crippen LogP contribution in [0.5, 0.6) is 0 Å². The topological polar surface area (TPSA) is 69.0 Å². The molecular formula is C14H20N4O. The van der Waals surface area contributed by atoms with E-state index in [1.807, 2.05) is 26.8 Å². The molecular weight excluding hydrogens is 240 g/mol. The van der Waals surface area contributed by atoms with Gasteiger partial charge >= 0.3 is 0 Å². The van der Waals surface area contributed by atoms with E-state index in [4.69, 9.17) is 0 Å². The van der Waals surface area contributed by atoms with E-state index in [0.717, 1.165) is 11.3 Å². The second kappa shape index (κ2) is 6.19. The number of nitrogens with one attached hydrogen (secondary N) is 1. The minimum absolute atomic E-state index is 0.0210. The number of carbonyl (C=O) groups is 1. The van der Waals surface area contributed by atoms with Crippen molar-refractivity contribution in [3.05, 3.63) is 22.9 Å². The Morgan fingerprint density at radius 1 is 1.58 bits per heavy atom. The Bertz CT molecular complexity index is 519. The summed E-state index contributed by atoms with van der Waals surface area (Å²) in [6.07, 6.45) is 0. The molecule has 0 aromatic carbocycles. The van der Waals surface area contributed by atoms with Gasteiger partial charge in [0.15, 0.2) is 0 Å². The molecule has 5 heteroatoms. The van der Waals surface area contributed by atoms with E-state index in [-0.39, 0.29) is 5.91 Å². The molecule has 1 aromatic rings. The molecule has 102 valence electrons. The third-order valence-corrected chi connectivity index (χ3v) is 3.03. The average Bonchev–Trinajstić information content (AvgIpc) is 2.36. The highest BCUT2D eigenvalue weighted by Crippen LogP contribution is 2.18. The van der Waals surface area contributed by atoms with Crippen LogP contribution in [0.4, 0.5) is 5.82 Å². The van der Waals surface area contributed by atoms with Crippen LogP contribution in [0.3, 0.4) is 0 Å². The van der Waals surface area contributed by atoms with Gasteiger partial charge in [-0.2, -0.15) is 5.26 Å². The van der Waals surface area contributed by atoms with Gasteiger partial charge in [0, 0.05) is 19.3 Å². The van der Waals surface area contributed by atoms with Gasteiger partial charge < -0.3 is 10.2 Å². The highest BCUT2D eigenvalue weighted by Gasteiger charge is 2.18. The summed E-state index contributed by atoms with van der Waals surface area (Å²) in [6.45, 7) is 8.07. The summed E-state index contributed by atoms with van der Waals surface area (Å²) in [5.74, 6) is 0.456. The van der Waals surface area contributed by atoms with E-state index in [0.29, 0.717) is 17.9 Å². The molecule has 1 aromatic heterocycles. The van der Waals surface area contributed by atoms with Crippen molar-refractivity contribution in [1.82, 2.24) is 9.88 Å². The van der Waals surface area contributed by atoms with Gasteiger partial charge in [0.1, 0.15) is 17.9 Å². The van der Waals surface area contributed by atoms with Crippen molar-refractivity contribution in [1.29, 1.82) is 5.26 Å². The highest BCUT2D eigenvalue weighted by molar-refractivity contribution is 5.84. The van der Waals surface area contributed by atoms with Crippen molar-refractivity contribution >= 4 is 11.7 Å². The monoisotopic (exact) mass is 260 g/mol. The SMILES string of the molecule is CCN(C)C(=O)C(C)Nc1nc(C)cc(C)c1C#N. The maximum absolute atomic E-state index is 12.0. The molecule has 19 heavy (non-hydrogen) atoms. The number of rotatable bonds is 4. The minimum Gasteiger partial charge on any atom is -0.358 e. The zero-order valence-electron chi connectivity index (χ0n) is 12.1. The Labute approximate surface area is 114 Å². The Morgan fingerprint density at radius 2 is 2.21 bits per heavy atom. The van der Waals surface area contributed by atoms with Gasteiger partial charge in [-0.15, -0.1) is 0 Å². The third-order valence-electron chi connectivity index (χ3n) is 3.03.